The minimum Gasteiger partial charge on any atom is -0.289 e. The molecule has 5 heteroatoms. The highest BCUT2D eigenvalue weighted by Crippen LogP contribution is 2.26. The largest absolute Gasteiger partial charge is 0.289 e. The molecule has 3 aromatic rings. The maximum atomic E-state index is 12.1. The number of hydrogen-bond acceptors (Lipinski definition) is 4. The minimum atomic E-state index is -0.0265. The Hall–Kier alpha value is -1.56. The van der Waals surface area contributed by atoms with Crippen LogP contribution in [0.4, 0.5) is 0 Å². The molecule has 0 radical (unpaired) electrons. The molecule has 0 aliphatic rings. The fourth-order valence-electron chi connectivity index (χ4n) is 1.78. The summed E-state index contributed by atoms with van der Waals surface area (Å²) in [6.45, 7) is 0. The van der Waals surface area contributed by atoms with Gasteiger partial charge in [-0.1, -0.05) is 28.1 Å². The number of halogens is 1. The number of rotatable bonds is 4. The van der Waals surface area contributed by atoms with E-state index in [1.807, 2.05) is 35.0 Å². The molecule has 0 atom stereocenters. The number of carbonyl (C=O) groups is 1. The number of benzene rings is 1. The Balaban J connectivity index is 1.76. The first kappa shape index (κ1) is 14.4. The number of carbonyl (C=O) groups excluding carboxylic acids is 1. The third-order valence-corrected chi connectivity index (χ3v) is 4.89. The number of hydrogen-bond donors (Lipinski definition) is 0. The predicted molar refractivity (Wildman–Crippen MR) is 92.9 cm³/mol. The molecular weight excluding hydrogens is 366 g/mol. The van der Waals surface area contributed by atoms with Crippen molar-refractivity contribution < 1.29 is 4.79 Å². The highest BCUT2D eigenvalue weighted by Gasteiger charge is 2.05. The van der Waals surface area contributed by atoms with Crippen LogP contribution in [0.1, 0.15) is 16.1 Å². The average molecular weight is 376 g/mol. The van der Waals surface area contributed by atoms with E-state index >= 15 is 0 Å². The van der Waals surface area contributed by atoms with Crippen LogP contribution in [0.2, 0.25) is 0 Å². The van der Waals surface area contributed by atoms with Gasteiger partial charge >= 0.3 is 0 Å². The normalized spacial score (nSPS) is 11.1. The van der Waals surface area contributed by atoms with Crippen LogP contribution in [0, 0.1) is 0 Å². The van der Waals surface area contributed by atoms with Gasteiger partial charge in [-0.25, -0.2) is 4.98 Å². The number of nitrogens with zero attached hydrogens (tertiary/aromatic N) is 1. The quantitative estimate of drug-likeness (QED) is 0.443. The Morgan fingerprint density at radius 2 is 2.14 bits per heavy atom. The van der Waals surface area contributed by atoms with E-state index in [-0.39, 0.29) is 5.78 Å². The van der Waals surface area contributed by atoms with Gasteiger partial charge in [0.1, 0.15) is 5.01 Å². The third kappa shape index (κ3) is 3.56. The molecule has 0 spiro atoms. The molecule has 3 rings (SSSR count). The molecule has 21 heavy (non-hydrogen) atoms. The number of thiazole rings is 1. The second-order valence-electron chi connectivity index (χ2n) is 4.30. The summed E-state index contributed by atoms with van der Waals surface area (Å²) in [5.74, 6) is -0.0265. The van der Waals surface area contributed by atoms with Crippen LogP contribution in [0.25, 0.3) is 16.6 Å². The van der Waals surface area contributed by atoms with Crippen molar-refractivity contribution in [3.05, 3.63) is 68.3 Å². The third-order valence-electron chi connectivity index (χ3n) is 2.80. The molecule has 0 saturated heterocycles. The molecule has 0 saturated carbocycles. The first-order chi connectivity index (χ1) is 10.2. The summed E-state index contributed by atoms with van der Waals surface area (Å²) in [5, 5.41) is 7.03. The monoisotopic (exact) mass is 375 g/mol. The van der Waals surface area contributed by atoms with Gasteiger partial charge in [0.05, 0.1) is 5.69 Å². The molecule has 0 fully saturated rings. The van der Waals surface area contributed by atoms with Crippen LogP contribution >= 0.6 is 38.6 Å². The van der Waals surface area contributed by atoms with Gasteiger partial charge < -0.3 is 0 Å². The molecule has 104 valence electrons. The Bertz CT molecular complexity index is 790. The second kappa shape index (κ2) is 6.47. The average Bonchev–Trinajstić information content (AvgIpc) is 3.15. The van der Waals surface area contributed by atoms with Crippen molar-refractivity contribution in [2.75, 3.05) is 0 Å². The molecular formula is C16H10BrNOS2. The zero-order valence-corrected chi connectivity index (χ0v) is 14.0. The molecule has 0 N–H and O–H groups in total. The summed E-state index contributed by atoms with van der Waals surface area (Å²) in [5.41, 5.74) is 2.60. The summed E-state index contributed by atoms with van der Waals surface area (Å²) in [4.78, 5) is 16.6. The Kier molecular flexibility index (Phi) is 4.43. The second-order valence-corrected chi connectivity index (χ2v) is 6.85. The van der Waals surface area contributed by atoms with Gasteiger partial charge in [0.2, 0.25) is 0 Å². The van der Waals surface area contributed by atoms with Crippen LogP contribution < -0.4 is 0 Å². The summed E-state index contributed by atoms with van der Waals surface area (Å²) in [7, 11) is 0. The SMILES string of the molecule is O=C(/C=C/c1csc(-c2ccsc2)n1)c1cccc(Br)c1. The van der Waals surface area contributed by atoms with E-state index in [2.05, 4.69) is 26.3 Å². The van der Waals surface area contributed by atoms with E-state index in [0.29, 0.717) is 5.56 Å². The Labute approximate surface area is 138 Å². The van der Waals surface area contributed by atoms with Crippen molar-refractivity contribution in [1.29, 1.82) is 0 Å². The van der Waals surface area contributed by atoms with E-state index in [1.165, 1.54) is 0 Å². The first-order valence-corrected chi connectivity index (χ1v) is 8.80. The summed E-state index contributed by atoms with van der Waals surface area (Å²) >= 11 is 6.60. The van der Waals surface area contributed by atoms with Crippen molar-refractivity contribution in [3.63, 3.8) is 0 Å². The van der Waals surface area contributed by atoms with E-state index in [1.54, 1.807) is 40.9 Å². The molecule has 2 heterocycles. The lowest BCUT2D eigenvalue weighted by atomic mass is 10.1. The smallest absolute Gasteiger partial charge is 0.185 e. The van der Waals surface area contributed by atoms with Crippen molar-refractivity contribution in [2.45, 2.75) is 0 Å². The van der Waals surface area contributed by atoms with Crippen LogP contribution in [-0.4, -0.2) is 10.8 Å². The van der Waals surface area contributed by atoms with Crippen molar-refractivity contribution in [3.8, 4) is 10.6 Å². The van der Waals surface area contributed by atoms with Crippen LogP contribution in [0.3, 0.4) is 0 Å². The van der Waals surface area contributed by atoms with Crippen molar-refractivity contribution in [2.24, 2.45) is 0 Å². The molecule has 0 unspecified atom stereocenters. The summed E-state index contributed by atoms with van der Waals surface area (Å²) in [6, 6.07) is 9.40. The number of allylic oxidation sites excluding steroid dienone is 1. The van der Waals surface area contributed by atoms with Crippen LogP contribution in [-0.2, 0) is 0 Å². The van der Waals surface area contributed by atoms with Crippen molar-refractivity contribution in [1.82, 2.24) is 4.98 Å². The van der Waals surface area contributed by atoms with Gasteiger partial charge in [-0.2, -0.15) is 11.3 Å². The molecule has 0 aliphatic carbocycles. The predicted octanol–water partition coefficient (Wildman–Crippen LogP) is 5.53. The Morgan fingerprint density at radius 3 is 2.90 bits per heavy atom. The van der Waals surface area contributed by atoms with E-state index in [0.717, 1.165) is 20.7 Å². The van der Waals surface area contributed by atoms with Gasteiger partial charge in [-0.05, 0) is 35.7 Å². The topological polar surface area (TPSA) is 30.0 Å². The fraction of sp³-hybridized carbons (Fsp3) is 0. The van der Waals surface area contributed by atoms with Gasteiger partial charge in [0.15, 0.2) is 5.78 Å². The highest BCUT2D eigenvalue weighted by atomic mass is 79.9. The lowest BCUT2D eigenvalue weighted by Crippen LogP contribution is -1.93. The molecule has 1 aromatic carbocycles. The molecule has 0 aliphatic heterocycles. The first-order valence-electron chi connectivity index (χ1n) is 6.18. The summed E-state index contributed by atoms with van der Waals surface area (Å²) in [6.07, 6.45) is 3.32. The highest BCUT2D eigenvalue weighted by molar-refractivity contribution is 9.10. The number of thiophene rings is 1. The van der Waals surface area contributed by atoms with E-state index in [9.17, 15) is 4.79 Å². The van der Waals surface area contributed by atoms with Crippen LogP contribution in [0.5, 0.6) is 0 Å². The van der Waals surface area contributed by atoms with Crippen molar-refractivity contribution >= 4 is 50.5 Å². The fourth-order valence-corrected chi connectivity index (χ4v) is 3.68. The van der Waals surface area contributed by atoms with Gasteiger partial charge in [0, 0.05) is 26.4 Å². The maximum Gasteiger partial charge on any atom is 0.185 e. The molecule has 2 nitrogen and oxygen atoms in total. The van der Waals surface area contributed by atoms with Crippen LogP contribution in [0.15, 0.2) is 57.0 Å². The Morgan fingerprint density at radius 1 is 1.24 bits per heavy atom. The van der Waals surface area contributed by atoms with Gasteiger partial charge in [0.25, 0.3) is 0 Å². The number of aromatic nitrogens is 1. The molecule has 2 aromatic heterocycles. The van der Waals surface area contributed by atoms with Gasteiger partial charge in [-0.15, -0.1) is 11.3 Å². The minimum absolute atomic E-state index is 0.0265. The zero-order valence-electron chi connectivity index (χ0n) is 10.8. The lowest BCUT2D eigenvalue weighted by Gasteiger charge is -1.95. The maximum absolute atomic E-state index is 12.1. The number of ketones is 1. The lowest BCUT2D eigenvalue weighted by molar-refractivity contribution is 0.104. The standard InChI is InChI=1S/C16H10BrNOS2/c17-13-3-1-2-11(8-13)15(19)5-4-14-10-21-16(18-14)12-6-7-20-9-12/h1-10H/b5-4+. The summed E-state index contributed by atoms with van der Waals surface area (Å²) < 4.78 is 0.898. The molecule has 0 amide bonds. The molecule has 0 bridgehead atoms. The van der Waals surface area contributed by atoms with Gasteiger partial charge in [-0.3, -0.25) is 4.79 Å². The van der Waals surface area contributed by atoms with E-state index in [4.69, 9.17) is 0 Å². The van der Waals surface area contributed by atoms with E-state index < -0.39 is 0 Å². The zero-order chi connectivity index (χ0) is 14.7.